The van der Waals surface area contributed by atoms with E-state index in [2.05, 4.69) is 20.6 Å². The third kappa shape index (κ3) is 3.38. The van der Waals surface area contributed by atoms with Crippen molar-refractivity contribution in [1.82, 2.24) is 9.97 Å². The Hall–Kier alpha value is -2.30. The van der Waals surface area contributed by atoms with Crippen LogP contribution in [0.4, 0.5) is 17.3 Å². The minimum Gasteiger partial charge on any atom is -0.491 e. The summed E-state index contributed by atoms with van der Waals surface area (Å²) in [5.41, 5.74) is 1.95. The molecule has 0 radical (unpaired) electrons. The van der Waals surface area contributed by atoms with Crippen LogP contribution >= 0.6 is 0 Å². The summed E-state index contributed by atoms with van der Waals surface area (Å²) in [5.74, 6) is 2.48. The van der Waals surface area contributed by atoms with Crippen LogP contribution in [0.1, 0.15) is 19.4 Å². The maximum atomic E-state index is 5.62. The van der Waals surface area contributed by atoms with Gasteiger partial charge in [-0.3, -0.25) is 0 Å². The molecule has 0 bridgehead atoms. The molecule has 0 amide bonds. The molecular formula is C15H20N4O. The van der Waals surface area contributed by atoms with Gasteiger partial charge in [-0.2, -0.15) is 0 Å². The van der Waals surface area contributed by atoms with Crippen LogP contribution in [0.5, 0.6) is 5.75 Å². The van der Waals surface area contributed by atoms with Gasteiger partial charge >= 0.3 is 0 Å². The first kappa shape index (κ1) is 14.1. The lowest BCUT2D eigenvalue weighted by Crippen LogP contribution is -2.05. The monoisotopic (exact) mass is 272 g/mol. The minimum absolute atomic E-state index is 0.177. The van der Waals surface area contributed by atoms with Crippen LogP contribution in [0.2, 0.25) is 0 Å². The fraction of sp³-hybridized carbons (Fsp3) is 0.333. The van der Waals surface area contributed by atoms with Gasteiger partial charge in [-0.1, -0.05) is 0 Å². The summed E-state index contributed by atoms with van der Waals surface area (Å²) in [6, 6.07) is 7.83. The fourth-order valence-corrected chi connectivity index (χ4v) is 1.85. The van der Waals surface area contributed by atoms with Crippen molar-refractivity contribution in [2.45, 2.75) is 26.9 Å². The van der Waals surface area contributed by atoms with E-state index < -0.39 is 0 Å². The lowest BCUT2D eigenvalue weighted by Gasteiger charge is -2.12. The molecule has 0 saturated carbocycles. The molecule has 2 aromatic rings. The Bertz CT molecular complexity index is 567. The molecule has 1 aromatic heterocycles. The number of hydrogen-bond acceptors (Lipinski definition) is 5. The quantitative estimate of drug-likeness (QED) is 0.874. The number of ether oxygens (including phenoxy) is 1. The molecule has 0 spiro atoms. The largest absolute Gasteiger partial charge is 0.491 e. The van der Waals surface area contributed by atoms with Crippen molar-refractivity contribution < 1.29 is 4.74 Å². The second-order valence-corrected chi connectivity index (χ2v) is 4.76. The Labute approximate surface area is 119 Å². The predicted octanol–water partition coefficient (Wildman–Crippen LogP) is 3.36. The van der Waals surface area contributed by atoms with Gasteiger partial charge in [0.2, 0.25) is 0 Å². The molecular weight excluding hydrogens is 252 g/mol. The molecule has 0 aliphatic rings. The Morgan fingerprint density at radius 3 is 2.30 bits per heavy atom. The van der Waals surface area contributed by atoms with Crippen LogP contribution in [0, 0.1) is 6.92 Å². The fourth-order valence-electron chi connectivity index (χ4n) is 1.85. The van der Waals surface area contributed by atoms with Gasteiger partial charge in [-0.05, 0) is 45.0 Å². The zero-order valence-electron chi connectivity index (χ0n) is 12.3. The van der Waals surface area contributed by atoms with Crippen LogP contribution in [0.3, 0.4) is 0 Å². The van der Waals surface area contributed by atoms with E-state index in [-0.39, 0.29) is 6.10 Å². The van der Waals surface area contributed by atoms with Crippen LogP contribution in [0.25, 0.3) is 0 Å². The second kappa shape index (κ2) is 6.23. The molecule has 0 atom stereocenters. The molecule has 0 aliphatic heterocycles. The maximum absolute atomic E-state index is 5.62. The van der Waals surface area contributed by atoms with E-state index in [1.807, 2.05) is 52.1 Å². The molecule has 0 aliphatic carbocycles. The third-order valence-electron chi connectivity index (χ3n) is 2.81. The van der Waals surface area contributed by atoms with Crippen molar-refractivity contribution in [1.29, 1.82) is 0 Å². The van der Waals surface area contributed by atoms with Gasteiger partial charge in [-0.25, -0.2) is 9.97 Å². The highest BCUT2D eigenvalue weighted by Crippen LogP contribution is 2.23. The summed E-state index contributed by atoms with van der Waals surface area (Å²) >= 11 is 0. The Morgan fingerprint density at radius 1 is 1.05 bits per heavy atom. The topological polar surface area (TPSA) is 59.1 Å². The zero-order valence-corrected chi connectivity index (χ0v) is 12.3. The first-order chi connectivity index (χ1) is 9.60. The molecule has 106 valence electrons. The van der Waals surface area contributed by atoms with Crippen molar-refractivity contribution in [2.75, 3.05) is 17.7 Å². The number of nitrogens with one attached hydrogen (secondary N) is 2. The lowest BCUT2D eigenvalue weighted by molar-refractivity contribution is 0.242. The summed E-state index contributed by atoms with van der Waals surface area (Å²) in [6.07, 6.45) is 1.72. The molecule has 0 unspecified atom stereocenters. The average Bonchev–Trinajstić information content (AvgIpc) is 2.43. The SMILES string of the molecule is CNc1ncnc(Nc2ccc(OC(C)C)cc2)c1C. The van der Waals surface area contributed by atoms with Crippen molar-refractivity contribution in [3.8, 4) is 5.75 Å². The number of rotatable bonds is 5. The molecule has 2 N–H and O–H groups in total. The predicted molar refractivity (Wildman–Crippen MR) is 81.8 cm³/mol. The standard InChI is InChI=1S/C15H20N4O/c1-10(2)20-13-7-5-12(6-8-13)19-15-11(3)14(16-4)17-9-18-15/h5-10H,1-4H3,(H2,16,17,18,19). The van der Waals surface area contributed by atoms with Crippen molar-refractivity contribution in [3.63, 3.8) is 0 Å². The normalized spacial score (nSPS) is 10.4. The van der Waals surface area contributed by atoms with Crippen molar-refractivity contribution >= 4 is 17.3 Å². The number of benzene rings is 1. The number of nitrogens with zero attached hydrogens (tertiary/aromatic N) is 2. The summed E-state index contributed by atoms with van der Waals surface area (Å²) in [7, 11) is 1.84. The van der Waals surface area contributed by atoms with Crippen molar-refractivity contribution in [2.24, 2.45) is 0 Å². The van der Waals surface area contributed by atoms with Gasteiger partial charge < -0.3 is 15.4 Å². The number of hydrogen-bond donors (Lipinski definition) is 2. The van der Waals surface area contributed by atoms with Crippen LogP contribution in [-0.4, -0.2) is 23.1 Å². The number of aromatic nitrogens is 2. The summed E-state index contributed by atoms with van der Waals surface area (Å²) < 4.78 is 5.62. The molecule has 0 fully saturated rings. The maximum Gasteiger partial charge on any atom is 0.138 e. The van der Waals surface area contributed by atoms with E-state index in [1.54, 1.807) is 0 Å². The van der Waals surface area contributed by atoms with Crippen LogP contribution in [-0.2, 0) is 0 Å². The van der Waals surface area contributed by atoms with E-state index >= 15 is 0 Å². The second-order valence-electron chi connectivity index (χ2n) is 4.76. The zero-order chi connectivity index (χ0) is 14.5. The van der Waals surface area contributed by atoms with Gasteiger partial charge in [0, 0.05) is 18.3 Å². The Balaban J connectivity index is 2.14. The van der Waals surface area contributed by atoms with Gasteiger partial charge in [0.1, 0.15) is 23.7 Å². The van der Waals surface area contributed by atoms with Crippen molar-refractivity contribution in [3.05, 3.63) is 36.2 Å². The molecule has 5 heteroatoms. The first-order valence-corrected chi connectivity index (χ1v) is 6.63. The third-order valence-corrected chi connectivity index (χ3v) is 2.81. The van der Waals surface area contributed by atoms with Crippen LogP contribution in [0.15, 0.2) is 30.6 Å². The summed E-state index contributed by atoms with van der Waals surface area (Å²) in [4.78, 5) is 8.42. The lowest BCUT2D eigenvalue weighted by atomic mass is 10.2. The molecule has 20 heavy (non-hydrogen) atoms. The van der Waals surface area contributed by atoms with E-state index in [9.17, 15) is 0 Å². The van der Waals surface area contributed by atoms with E-state index in [4.69, 9.17) is 4.74 Å². The molecule has 2 rings (SSSR count). The highest BCUT2D eigenvalue weighted by Gasteiger charge is 2.06. The van der Waals surface area contributed by atoms with Gasteiger partial charge in [0.15, 0.2) is 0 Å². The average molecular weight is 272 g/mol. The summed E-state index contributed by atoms with van der Waals surface area (Å²) in [6.45, 7) is 6.00. The number of anilines is 3. The van der Waals surface area contributed by atoms with Gasteiger partial charge in [0.05, 0.1) is 6.10 Å². The van der Waals surface area contributed by atoms with Gasteiger partial charge in [0.25, 0.3) is 0 Å². The molecule has 0 saturated heterocycles. The smallest absolute Gasteiger partial charge is 0.138 e. The van der Waals surface area contributed by atoms with E-state index in [1.165, 1.54) is 6.33 Å². The Morgan fingerprint density at radius 2 is 1.70 bits per heavy atom. The first-order valence-electron chi connectivity index (χ1n) is 6.63. The molecule has 1 aromatic carbocycles. The highest BCUT2D eigenvalue weighted by molar-refractivity contribution is 5.64. The Kier molecular flexibility index (Phi) is 4.40. The minimum atomic E-state index is 0.177. The van der Waals surface area contributed by atoms with E-state index in [0.717, 1.165) is 28.6 Å². The summed E-state index contributed by atoms with van der Waals surface area (Å²) in [5, 5.41) is 6.32. The van der Waals surface area contributed by atoms with Crippen LogP contribution < -0.4 is 15.4 Å². The van der Waals surface area contributed by atoms with Gasteiger partial charge in [-0.15, -0.1) is 0 Å². The van der Waals surface area contributed by atoms with E-state index in [0.29, 0.717) is 0 Å². The highest BCUT2D eigenvalue weighted by atomic mass is 16.5. The molecule has 5 nitrogen and oxygen atoms in total. The molecule has 1 heterocycles.